The van der Waals surface area contributed by atoms with Crippen molar-refractivity contribution in [3.05, 3.63) is 70.3 Å². The Labute approximate surface area is 139 Å². The summed E-state index contributed by atoms with van der Waals surface area (Å²) in [5, 5.41) is 4.07. The van der Waals surface area contributed by atoms with Crippen LogP contribution in [0.4, 0.5) is 5.69 Å². The van der Waals surface area contributed by atoms with Crippen molar-refractivity contribution in [2.24, 2.45) is 0 Å². The number of hydrogen-bond acceptors (Lipinski definition) is 3. The molecule has 0 aliphatic rings. The number of rotatable bonds is 6. The molecule has 22 heavy (non-hydrogen) atoms. The molecule has 0 spiro atoms. The summed E-state index contributed by atoms with van der Waals surface area (Å²) >= 11 is 11.9. The van der Waals surface area contributed by atoms with Crippen LogP contribution in [0.2, 0.25) is 10.0 Å². The van der Waals surface area contributed by atoms with Gasteiger partial charge in [-0.25, -0.2) is 0 Å². The van der Waals surface area contributed by atoms with Crippen molar-refractivity contribution >= 4 is 34.7 Å². The number of hydrogen-bond donors (Lipinski definition) is 1. The zero-order chi connectivity index (χ0) is 16.1. The molecule has 0 heterocycles. The van der Waals surface area contributed by atoms with E-state index in [4.69, 9.17) is 27.9 Å². The molecule has 3 nitrogen and oxygen atoms in total. The Morgan fingerprint density at radius 1 is 1.14 bits per heavy atom. The molecule has 2 aromatic rings. The number of carbonyl (C=O) groups is 1. The number of allylic oxidation sites excluding steroid dienone is 1. The number of ketones is 1. The zero-order valence-electron chi connectivity index (χ0n) is 12.0. The number of methoxy groups -OCH3 is 1. The molecule has 0 saturated heterocycles. The van der Waals surface area contributed by atoms with Crippen LogP contribution in [0.3, 0.4) is 0 Å². The molecule has 0 atom stereocenters. The van der Waals surface area contributed by atoms with E-state index in [-0.39, 0.29) is 12.2 Å². The van der Waals surface area contributed by atoms with Crippen LogP contribution in [-0.4, -0.2) is 12.9 Å². The van der Waals surface area contributed by atoms with Crippen molar-refractivity contribution in [1.82, 2.24) is 0 Å². The first-order valence-electron chi connectivity index (χ1n) is 6.56. The summed E-state index contributed by atoms with van der Waals surface area (Å²) in [6.45, 7) is 3.87. The van der Waals surface area contributed by atoms with E-state index in [0.717, 1.165) is 0 Å². The fraction of sp³-hybridized carbons (Fsp3) is 0.118. The van der Waals surface area contributed by atoms with Crippen LogP contribution in [0.25, 0.3) is 0 Å². The highest BCUT2D eigenvalue weighted by Gasteiger charge is 2.09. The standard InChI is InChI=1S/C17H15Cl2NO2/c1-11(20-15-9-13(18)8-14(19)10-15)7-17(21)12-3-5-16(22-2)6-4-12/h3-6,8-10,20H,1,7H2,2H3. The highest BCUT2D eigenvalue weighted by Crippen LogP contribution is 2.24. The van der Waals surface area contributed by atoms with Gasteiger partial charge in [0.15, 0.2) is 5.78 Å². The van der Waals surface area contributed by atoms with E-state index in [1.165, 1.54) is 0 Å². The zero-order valence-corrected chi connectivity index (χ0v) is 13.5. The maximum Gasteiger partial charge on any atom is 0.168 e. The van der Waals surface area contributed by atoms with Crippen molar-refractivity contribution in [2.45, 2.75) is 6.42 Å². The Morgan fingerprint density at radius 2 is 1.73 bits per heavy atom. The summed E-state index contributed by atoms with van der Waals surface area (Å²) in [7, 11) is 1.58. The molecule has 0 radical (unpaired) electrons. The summed E-state index contributed by atoms with van der Waals surface area (Å²) in [5.41, 5.74) is 1.87. The van der Waals surface area contributed by atoms with E-state index >= 15 is 0 Å². The van der Waals surface area contributed by atoms with Gasteiger partial charge in [0.05, 0.1) is 13.5 Å². The molecule has 0 aliphatic carbocycles. The molecule has 2 rings (SSSR count). The Kier molecular flexibility index (Phi) is 5.47. The minimum Gasteiger partial charge on any atom is -0.497 e. The van der Waals surface area contributed by atoms with E-state index in [1.54, 1.807) is 49.6 Å². The quantitative estimate of drug-likeness (QED) is 0.737. The summed E-state index contributed by atoms with van der Waals surface area (Å²) in [6, 6.07) is 12.0. The SMILES string of the molecule is C=C(CC(=O)c1ccc(OC)cc1)Nc1cc(Cl)cc(Cl)c1. The summed E-state index contributed by atoms with van der Waals surface area (Å²) in [6.07, 6.45) is 0.177. The average molecular weight is 336 g/mol. The molecular weight excluding hydrogens is 321 g/mol. The fourth-order valence-electron chi connectivity index (χ4n) is 1.95. The molecular formula is C17H15Cl2NO2. The third-order valence-electron chi connectivity index (χ3n) is 2.97. The van der Waals surface area contributed by atoms with E-state index in [2.05, 4.69) is 11.9 Å². The van der Waals surface area contributed by atoms with Crippen LogP contribution < -0.4 is 10.1 Å². The van der Waals surface area contributed by atoms with Crippen LogP contribution in [-0.2, 0) is 0 Å². The van der Waals surface area contributed by atoms with Crippen LogP contribution in [0.5, 0.6) is 5.75 Å². The van der Waals surface area contributed by atoms with Gasteiger partial charge in [0.25, 0.3) is 0 Å². The first-order chi connectivity index (χ1) is 10.5. The molecule has 0 saturated carbocycles. The van der Waals surface area contributed by atoms with Gasteiger partial charge in [-0.15, -0.1) is 0 Å². The maximum atomic E-state index is 12.2. The van der Waals surface area contributed by atoms with Gasteiger partial charge in [-0.2, -0.15) is 0 Å². The van der Waals surface area contributed by atoms with Crippen LogP contribution in [0, 0.1) is 0 Å². The Hall–Kier alpha value is -1.97. The number of benzene rings is 2. The van der Waals surface area contributed by atoms with Crippen molar-refractivity contribution < 1.29 is 9.53 Å². The molecule has 0 fully saturated rings. The summed E-state index contributed by atoms with van der Waals surface area (Å²) in [4.78, 5) is 12.2. The van der Waals surface area contributed by atoms with E-state index in [1.807, 2.05) is 0 Å². The highest BCUT2D eigenvalue weighted by atomic mass is 35.5. The molecule has 1 N–H and O–H groups in total. The Bertz CT molecular complexity index is 676. The van der Waals surface area contributed by atoms with Gasteiger partial charge in [-0.1, -0.05) is 29.8 Å². The van der Waals surface area contributed by atoms with Crippen molar-refractivity contribution in [3.63, 3.8) is 0 Å². The highest BCUT2D eigenvalue weighted by molar-refractivity contribution is 6.35. The number of ether oxygens (including phenoxy) is 1. The van der Waals surface area contributed by atoms with Gasteiger partial charge >= 0.3 is 0 Å². The lowest BCUT2D eigenvalue weighted by molar-refractivity contribution is 0.0993. The predicted molar refractivity (Wildman–Crippen MR) is 91.2 cm³/mol. The average Bonchev–Trinajstić information content (AvgIpc) is 2.46. The number of carbonyl (C=O) groups excluding carboxylic acids is 1. The second-order valence-corrected chi connectivity index (χ2v) is 5.59. The second-order valence-electron chi connectivity index (χ2n) is 4.72. The molecule has 0 unspecified atom stereocenters. The first kappa shape index (κ1) is 16.4. The van der Waals surface area contributed by atoms with Gasteiger partial charge in [-0.3, -0.25) is 4.79 Å². The molecule has 0 bridgehead atoms. The van der Waals surface area contributed by atoms with Crippen LogP contribution >= 0.6 is 23.2 Å². The lowest BCUT2D eigenvalue weighted by Gasteiger charge is -2.10. The topological polar surface area (TPSA) is 38.3 Å². The second kappa shape index (κ2) is 7.34. The Balaban J connectivity index is 2.00. The molecule has 0 aromatic heterocycles. The molecule has 5 heteroatoms. The van der Waals surface area contributed by atoms with Gasteiger partial charge in [0.2, 0.25) is 0 Å². The maximum absolute atomic E-state index is 12.2. The largest absolute Gasteiger partial charge is 0.497 e. The third kappa shape index (κ3) is 4.52. The summed E-state index contributed by atoms with van der Waals surface area (Å²) < 4.78 is 5.07. The van der Waals surface area contributed by atoms with Crippen LogP contribution in [0.15, 0.2) is 54.7 Å². The number of nitrogens with one attached hydrogen (secondary N) is 1. The smallest absolute Gasteiger partial charge is 0.168 e. The molecule has 2 aromatic carbocycles. The van der Waals surface area contributed by atoms with Gasteiger partial charge < -0.3 is 10.1 Å². The van der Waals surface area contributed by atoms with E-state index in [9.17, 15) is 4.79 Å². The number of anilines is 1. The lowest BCUT2D eigenvalue weighted by Crippen LogP contribution is -2.06. The molecule has 114 valence electrons. The molecule has 0 aliphatic heterocycles. The third-order valence-corrected chi connectivity index (χ3v) is 3.41. The fourth-order valence-corrected chi connectivity index (χ4v) is 2.47. The molecule has 0 amide bonds. The summed E-state index contributed by atoms with van der Waals surface area (Å²) in [5.74, 6) is 0.676. The number of Topliss-reactive ketones (excluding diaryl/α,β-unsaturated/α-hetero) is 1. The van der Waals surface area contributed by atoms with Gasteiger partial charge in [-0.05, 0) is 42.5 Å². The number of halogens is 2. The van der Waals surface area contributed by atoms with Gasteiger partial charge in [0, 0.05) is 27.0 Å². The van der Waals surface area contributed by atoms with Crippen LogP contribution in [0.1, 0.15) is 16.8 Å². The van der Waals surface area contributed by atoms with Crippen molar-refractivity contribution in [2.75, 3.05) is 12.4 Å². The van der Waals surface area contributed by atoms with Crippen molar-refractivity contribution in [1.29, 1.82) is 0 Å². The van der Waals surface area contributed by atoms with E-state index in [0.29, 0.717) is 32.7 Å². The monoisotopic (exact) mass is 335 g/mol. The minimum atomic E-state index is -0.0340. The Morgan fingerprint density at radius 3 is 2.27 bits per heavy atom. The lowest BCUT2D eigenvalue weighted by atomic mass is 10.1. The first-order valence-corrected chi connectivity index (χ1v) is 7.31. The van der Waals surface area contributed by atoms with Crippen molar-refractivity contribution in [3.8, 4) is 5.75 Å². The minimum absolute atomic E-state index is 0.0340. The predicted octanol–water partition coefficient (Wildman–Crippen LogP) is 5.20. The van der Waals surface area contributed by atoms with Gasteiger partial charge in [0.1, 0.15) is 5.75 Å². The normalized spacial score (nSPS) is 10.1. The van der Waals surface area contributed by atoms with E-state index < -0.39 is 0 Å².